The zero-order chi connectivity index (χ0) is 22.4. The predicted molar refractivity (Wildman–Crippen MR) is 121 cm³/mol. The third kappa shape index (κ3) is 5.55. The first-order valence-electron chi connectivity index (χ1n) is 9.45. The lowest BCUT2D eigenvalue weighted by molar-refractivity contribution is -0.127. The molecule has 8 heteroatoms. The number of nitrogens with zero attached hydrogens (tertiary/aromatic N) is 1. The highest BCUT2D eigenvalue weighted by atomic mass is 32.2. The van der Waals surface area contributed by atoms with E-state index in [0.29, 0.717) is 29.4 Å². The molecule has 0 spiro atoms. The maximum atomic E-state index is 12.7. The van der Waals surface area contributed by atoms with Crippen LogP contribution in [0.1, 0.15) is 11.1 Å². The van der Waals surface area contributed by atoms with E-state index in [-0.39, 0.29) is 11.4 Å². The second-order valence-corrected chi connectivity index (χ2v) is 7.69. The minimum atomic E-state index is -0.514. The number of imide groups is 1. The topological polar surface area (TPSA) is 84.9 Å². The Morgan fingerprint density at radius 1 is 1.19 bits per heavy atom. The van der Waals surface area contributed by atoms with Crippen molar-refractivity contribution in [1.82, 2.24) is 4.90 Å². The molecule has 2 aromatic carbocycles. The number of benzene rings is 2. The quantitative estimate of drug-likeness (QED) is 0.490. The molecule has 7 nitrogen and oxygen atoms in total. The van der Waals surface area contributed by atoms with Crippen molar-refractivity contribution in [2.24, 2.45) is 0 Å². The number of hydrogen-bond acceptors (Lipinski definition) is 6. The monoisotopic (exact) mass is 438 g/mol. The maximum Gasteiger partial charge on any atom is 0.294 e. The van der Waals surface area contributed by atoms with Gasteiger partial charge in [-0.15, -0.1) is 0 Å². The summed E-state index contributed by atoms with van der Waals surface area (Å²) in [6.07, 6.45) is 3.21. The van der Waals surface area contributed by atoms with Crippen LogP contribution in [0.2, 0.25) is 0 Å². The number of anilines is 1. The summed E-state index contributed by atoms with van der Waals surface area (Å²) >= 11 is 0.792. The van der Waals surface area contributed by atoms with Gasteiger partial charge in [0.25, 0.3) is 11.1 Å². The fourth-order valence-corrected chi connectivity index (χ4v) is 3.73. The highest BCUT2D eigenvalue weighted by molar-refractivity contribution is 8.18. The van der Waals surface area contributed by atoms with Crippen LogP contribution in [-0.2, 0) is 9.59 Å². The molecule has 1 heterocycles. The standard InChI is InChI=1S/C23H22N2O5S/c1-4-10-30-18-9-8-16(12-19(18)29-3)13-20-22(27)25(23(28)31-20)14-21(26)24-17-7-5-6-15(2)11-17/h4-9,11-13H,1,10,14H2,2-3H3,(H,24,26). The van der Waals surface area contributed by atoms with Crippen molar-refractivity contribution in [3.63, 3.8) is 0 Å². The number of rotatable bonds is 8. The van der Waals surface area contributed by atoms with Crippen molar-refractivity contribution >= 4 is 40.6 Å². The van der Waals surface area contributed by atoms with Crippen LogP contribution in [0.4, 0.5) is 10.5 Å². The molecule has 0 radical (unpaired) electrons. The molecule has 2 aromatic rings. The Balaban J connectivity index is 1.71. The van der Waals surface area contributed by atoms with Crippen LogP contribution in [0.5, 0.6) is 11.5 Å². The molecular formula is C23H22N2O5S. The molecule has 3 amide bonds. The van der Waals surface area contributed by atoms with E-state index >= 15 is 0 Å². The molecule has 0 atom stereocenters. The van der Waals surface area contributed by atoms with E-state index in [2.05, 4.69) is 11.9 Å². The van der Waals surface area contributed by atoms with Gasteiger partial charge in [-0.05, 0) is 60.2 Å². The minimum absolute atomic E-state index is 0.232. The summed E-state index contributed by atoms with van der Waals surface area (Å²) in [7, 11) is 1.51. The summed E-state index contributed by atoms with van der Waals surface area (Å²) in [5, 5.41) is 2.21. The van der Waals surface area contributed by atoms with Gasteiger partial charge >= 0.3 is 0 Å². The SMILES string of the molecule is C=CCOc1ccc(C=C2SC(=O)N(CC(=O)Nc3cccc(C)c3)C2=O)cc1OC. The van der Waals surface area contributed by atoms with Gasteiger partial charge in [0.05, 0.1) is 12.0 Å². The van der Waals surface area contributed by atoms with E-state index in [9.17, 15) is 14.4 Å². The van der Waals surface area contributed by atoms with Crippen LogP contribution in [0.25, 0.3) is 6.08 Å². The Kier molecular flexibility index (Phi) is 7.15. The van der Waals surface area contributed by atoms with Gasteiger partial charge in [-0.3, -0.25) is 19.3 Å². The largest absolute Gasteiger partial charge is 0.493 e. The van der Waals surface area contributed by atoms with E-state index in [4.69, 9.17) is 9.47 Å². The van der Waals surface area contributed by atoms with Crippen molar-refractivity contribution in [2.45, 2.75) is 6.92 Å². The van der Waals surface area contributed by atoms with Gasteiger partial charge in [-0.25, -0.2) is 0 Å². The second-order valence-electron chi connectivity index (χ2n) is 6.70. The fourth-order valence-electron chi connectivity index (χ4n) is 2.90. The van der Waals surface area contributed by atoms with Gasteiger partial charge in [0.2, 0.25) is 5.91 Å². The highest BCUT2D eigenvalue weighted by Gasteiger charge is 2.36. The Labute approximate surface area is 184 Å². The first kappa shape index (κ1) is 22.2. The number of hydrogen-bond donors (Lipinski definition) is 1. The van der Waals surface area contributed by atoms with Crippen molar-refractivity contribution in [3.05, 3.63) is 71.2 Å². The first-order chi connectivity index (χ1) is 14.9. The van der Waals surface area contributed by atoms with Crippen LogP contribution in [0, 0.1) is 6.92 Å². The van der Waals surface area contributed by atoms with Crippen molar-refractivity contribution in [2.75, 3.05) is 25.6 Å². The van der Waals surface area contributed by atoms with E-state index in [0.717, 1.165) is 22.2 Å². The van der Waals surface area contributed by atoms with Crippen LogP contribution in [0.15, 0.2) is 60.0 Å². The molecule has 3 rings (SSSR count). The van der Waals surface area contributed by atoms with Gasteiger partial charge in [0, 0.05) is 5.69 Å². The first-order valence-corrected chi connectivity index (χ1v) is 10.3. The average molecular weight is 439 g/mol. The smallest absolute Gasteiger partial charge is 0.294 e. The lowest BCUT2D eigenvalue weighted by atomic mass is 10.2. The molecule has 1 aliphatic heterocycles. The van der Waals surface area contributed by atoms with E-state index in [1.165, 1.54) is 7.11 Å². The van der Waals surface area contributed by atoms with Gasteiger partial charge in [0.15, 0.2) is 11.5 Å². The third-order valence-electron chi connectivity index (χ3n) is 4.32. The van der Waals surface area contributed by atoms with Gasteiger partial charge < -0.3 is 14.8 Å². The van der Waals surface area contributed by atoms with Crippen LogP contribution in [-0.4, -0.2) is 42.2 Å². The molecular weight excluding hydrogens is 416 g/mol. The number of nitrogens with one attached hydrogen (secondary N) is 1. The zero-order valence-electron chi connectivity index (χ0n) is 17.2. The van der Waals surface area contributed by atoms with Crippen molar-refractivity contribution in [1.29, 1.82) is 0 Å². The van der Waals surface area contributed by atoms with Gasteiger partial charge in [0.1, 0.15) is 13.2 Å². The summed E-state index contributed by atoms with van der Waals surface area (Å²) in [5.41, 5.74) is 2.26. The summed E-state index contributed by atoms with van der Waals surface area (Å²) in [6.45, 7) is 5.49. The normalized spacial score (nSPS) is 14.6. The summed E-state index contributed by atoms with van der Waals surface area (Å²) < 4.78 is 10.8. The Morgan fingerprint density at radius 3 is 2.71 bits per heavy atom. The molecule has 0 bridgehead atoms. The Bertz CT molecular complexity index is 1060. The summed E-state index contributed by atoms with van der Waals surface area (Å²) in [6, 6.07) is 12.4. The molecule has 0 aromatic heterocycles. The Hall–Kier alpha value is -3.52. The molecule has 0 unspecified atom stereocenters. The molecule has 1 aliphatic rings. The number of carbonyl (C=O) groups excluding carboxylic acids is 3. The maximum absolute atomic E-state index is 12.7. The van der Waals surface area contributed by atoms with E-state index < -0.39 is 17.1 Å². The molecule has 1 saturated heterocycles. The molecule has 1 N–H and O–H groups in total. The number of ether oxygens (including phenoxy) is 2. The minimum Gasteiger partial charge on any atom is -0.493 e. The van der Waals surface area contributed by atoms with Crippen LogP contribution in [0.3, 0.4) is 0 Å². The number of methoxy groups -OCH3 is 1. The third-order valence-corrected chi connectivity index (χ3v) is 5.23. The fraction of sp³-hybridized carbons (Fsp3) is 0.174. The van der Waals surface area contributed by atoms with Gasteiger partial charge in [-0.1, -0.05) is 30.9 Å². The van der Waals surface area contributed by atoms with Crippen molar-refractivity contribution < 1.29 is 23.9 Å². The summed E-state index contributed by atoms with van der Waals surface area (Å²) in [5.74, 6) is 0.0766. The second kappa shape index (κ2) is 9.99. The molecule has 160 valence electrons. The summed E-state index contributed by atoms with van der Waals surface area (Å²) in [4.78, 5) is 38.5. The lowest BCUT2D eigenvalue weighted by Crippen LogP contribution is -2.36. The number of carbonyl (C=O) groups is 3. The number of aryl methyl sites for hydroxylation is 1. The average Bonchev–Trinajstić information content (AvgIpc) is 3.00. The molecule has 0 aliphatic carbocycles. The van der Waals surface area contributed by atoms with Crippen molar-refractivity contribution in [3.8, 4) is 11.5 Å². The molecule has 0 saturated carbocycles. The lowest BCUT2D eigenvalue weighted by Gasteiger charge is -2.12. The Morgan fingerprint density at radius 2 is 2.00 bits per heavy atom. The van der Waals surface area contributed by atoms with E-state index in [1.54, 1.807) is 42.5 Å². The zero-order valence-corrected chi connectivity index (χ0v) is 18.0. The van der Waals surface area contributed by atoms with E-state index in [1.807, 2.05) is 19.1 Å². The molecule has 1 fully saturated rings. The number of amides is 3. The highest BCUT2D eigenvalue weighted by Crippen LogP contribution is 2.34. The molecule has 31 heavy (non-hydrogen) atoms. The van der Waals surface area contributed by atoms with Crippen LogP contribution < -0.4 is 14.8 Å². The van der Waals surface area contributed by atoms with Gasteiger partial charge in [-0.2, -0.15) is 0 Å². The number of thioether (sulfide) groups is 1. The predicted octanol–water partition coefficient (Wildman–Crippen LogP) is 4.24. The van der Waals surface area contributed by atoms with Crippen LogP contribution >= 0.6 is 11.8 Å².